The minimum absolute atomic E-state index is 0.126. The van der Waals surface area contributed by atoms with E-state index in [1.165, 1.54) is 36.4 Å². The van der Waals surface area contributed by atoms with Gasteiger partial charge in [0.25, 0.3) is 0 Å². The Labute approximate surface area is 162 Å². The third-order valence-electron chi connectivity index (χ3n) is 5.46. The van der Waals surface area contributed by atoms with Crippen molar-refractivity contribution in [1.82, 2.24) is 19.7 Å². The van der Waals surface area contributed by atoms with Crippen LogP contribution in [-0.2, 0) is 16.8 Å². The number of hydrogen-bond donors (Lipinski definition) is 0. The molecule has 2 aliphatic rings. The van der Waals surface area contributed by atoms with Crippen molar-refractivity contribution >= 4 is 17.2 Å². The summed E-state index contributed by atoms with van der Waals surface area (Å²) in [7, 11) is 0. The lowest BCUT2D eigenvalue weighted by Crippen LogP contribution is -2.49. The predicted octanol–water partition coefficient (Wildman–Crippen LogP) is 2.96. The molecule has 0 unspecified atom stereocenters. The van der Waals surface area contributed by atoms with Crippen molar-refractivity contribution in [2.75, 3.05) is 45.8 Å². The largest absolute Gasteiger partial charge is 0.342 e. The molecule has 2 fully saturated rings. The van der Waals surface area contributed by atoms with E-state index < -0.39 is 0 Å². The van der Waals surface area contributed by atoms with Gasteiger partial charge in [-0.3, -0.25) is 14.6 Å². The van der Waals surface area contributed by atoms with E-state index in [0.29, 0.717) is 12.5 Å². The lowest BCUT2D eigenvalue weighted by atomic mass is 9.93. The first-order chi connectivity index (χ1) is 12.4. The number of carbonyl (C=O) groups excluding carboxylic acids is 1. The van der Waals surface area contributed by atoms with E-state index in [9.17, 15) is 4.79 Å². The molecule has 5 nitrogen and oxygen atoms in total. The molecule has 146 valence electrons. The van der Waals surface area contributed by atoms with Gasteiger partial charge in [-0.25, -0.2) is 4.98 Å². The number of thiazole rings is 1. The quantitative estimate of drug-likeness (QED) is 0.808. The standard InChI is InChI=1S/C20H34N4OS/c1-20(2,3)17-16-26-18(21-17)14-22-10-12-23(13-11-22)15-19(25)24-8-6-4-5-7-9-24/h16H,4-15H2,1-3H3. The molecule has 0 atom stereocenters. The lowest BCUT2D eigenvalue weighted by Gasteiger charge is -2.35. The van der Waals surface area contributed by atoms with E-state index in [1.807, 2.05) is 0 Å². The summed E-state index contributed by atoms with van der Waals surface area (Å²) in [6.07, 6.45) is 4.89. The Balaban J connectivity index is 1.42. The number of amides is 1. The number of rotatable bonds is 4. The highest BCUT2D eigenvalue weighted by Crippen LogP contribution is 2.24. The van der Waals surface area contributed by atoms with E-state index >= 15 is 0 Å². The number of aromatic nitrogens is 1. The van der Waals surface area contributed by atoms with Crippen LogP contribution < -0.4 is 0 Å². The molecule has 2 saturated heterocycles. The monoisotopic (exact) mass is 378 g/mol. The van der Waals surface area contributed by atoms with Gasteiger partial charge < -0.3 is 4.90 Å². The van der Waals surface area contributed by atoms with Gasteiger partial charge in [-0.05, 0) is 12.8 Å². The first kappa shape index (κ1) is 19.8. The maximum absolute atomic E-state index is 12.6. The van der Waals surface area contributed by atoms with Crippen LogP contribution in [0, 0.1) is 0 Å². The van der Waals surface area contributed by atoms with Gasteiger partial charge in [0.05, 0.1) is 18.8 Å². The number of nitrogens with zero attached hydrogens (tertiary/aromatic N) is 4. The Morgan fingerprint density at radius 2 is 1.62 bits per heavy atom. The lowest BCUT2D eigenvalue weighted by molar-refractivity contribution is -0.132. The van der Waals surface area contributed by atoms with Gasteiger partial charge in [-0.1, -0.05) is 33.6 Å². The van der Waals surface area contributed by atoms with Gasteiger partial charge in [0.1, 0.15) is 5.01 Å². The molecule has 26 heavy (non-hydrogen) atoms. The van der Waals surface area contributed by atoms with Crippen LogP contribution >= 0.6 is 11.3 Å². The number of likely N-dealkylation sites (tertiary alicyclic amines) is 1. The maximum atomic E-state index is 12.6. The van der Waals surface area contributed by atoms with E-state index in [2.05, 4.69) is 40.9 Å². The van der Waals surface area contributed by atoms with Gasteiger partial charge >= 0.3 is 0 Å². The second-order valence-electron chi connectivity index (χ2n) is 8.72. The van der Waals surface area contributed by atoms with Crippen LogP contribution in [0.2, 0.25) is 0 Å². The molecular formula is C20H34N4OS. The molecule has 6 heteroatoms. The Morgan fingerprint density at radius 3 is 2.19 bits per heavy atom. The highest BCUT2D eigenvalue weighted by molar-refractivity contribution is 7.09. The predicted molar refractivity (Wildman–Crippen MR) is 108 cm³/mol. The maximum Gasteiger partial charge on any atom is 0.236 e. The third-order valence-corrected chi connectivity index (χ3v) is 6.30. The fraction of sp³-hybridized carbons (Fsp3) is 0.800. The summed E-state index contributed by atoms with van der Waals surface area (Å²) in [4.78, 5) is 24.2. The second-order valence-corrected chi connectivity index (χ2v) is 9.67. The van der Waals surface area contributed by atoms with Crippen LogP contribution in [0.15, 0.2) is 5.38 Å². The van der Waals surface area contributed by atoms with Gasteiger partial charge in [0.15, 0.2) is 0 Å². The molecule has 0 aliphatic carbocycles. The summed E-state index contributed by atoms with van der Waals surface area (Å²) in [5.74, 6) is 0.329. The topological polar surface area (TPSA) is 39.7 Å². The van der Waals surface area contributed by atoms with Gasteiger partial charge in [-0.15, -0.1) is 11.3 Å². The second kappa shape index (κ2) is 8.81. The van der Waals surface area contributed by atoms with E-state index in [-0.39, 0.29) is 5.41 Å². The van der Waals surface area contributed by atoms with Crippen molar-refractivity contribution in [3.05, 3.63) is 16.1 Å². The van der Waals surface area contributed by atoms with Crippen LogP contribution in [0.5, 0.6) is 0 Å². The number of hydrogen-bond acceptors (Lipinski definition) is 5. The van der Waals surface area contributed by atoms with E-state index in [1.54, 1.807) is 11.3 Å². The molecule has 2 aliphatic heterocycles. The van der Waals surface area contributed by atoms with Crippen LogP contribution in [0.1, 0.15) is 57.2 Å². The molecule has 0 saturated carbocycles. The zero-order chi connectivity index (χ0) is 18.6. The fourth-order valence-corrected chi connectivity index (χ4v) is 4.70. The number of carbonyl (C=O) groups is 1. The zero-order valence-electron chi connectivity index (χ0n) is 16.7. The molecular weight excluding hydrogens is 344 g/mol. The SMILES string of the molecule is CC(C)(C)c1csc(CN2CCN(CC(=O)N3CCCCCC3)CC2)n1. The van der Waals surface area contributed by atoms with Crippen molar-refractivity contribution in [2.45, 2.75) is 58.4 Å². The highest BCUT2D eigenvalue weighted by atomic mass is 32.1. The molecule has 0 radical (unpaired) electrons. The Bertz CT molecular complexity index is 579. The summed E-state index contributed by atoms with van der Waals surface area (Å²) in [6.45, 7) is 14.1. The summed E-state index contributed by atoms with van der Waals surface area (Å²) >= 11 is 1.78. The molecule has 1 aromatic heterocycles. The van der Waals surface area contributed by atoms with E-state index in [4.69, 9.17) is 4.98 Å². The number of piperazine rings is 1. The molecule has 0 aromatic carbocycles. The summed E-state index contributed by atoms with van der Waals surface area (Å²) < 4.78 is 0. The van der Waals surface area contributed by atoms with Crippen molar-refractivity contribution in [2.24, 2.45) is 0 Å². The molecule has 1 amide bonds. The van der Waals surface area contributed by atoms with Gasteiger partial charge in [0.2, 0.25) is 5.91 Å². The van der Waals surface area contributed by atoms with Crippen molar-refractivity contribution in [3.63, 3.8) is 0 Å². The zero-order valence-corrected chi connectivity index (χ0v) is 17.5. The average Bonchev–Trinajstić information content (AvgIpc) is 2.90. The molecule has 3 heterocycles. The minimum atomic E-state index is 0.126. The Morgan fingerprint density at radius 1 is 1.00 bits per heavy atom. The molecule has 1 aromatic rings. The van der Waals surface area contributed by atoms with E-state index in [0.717, 1.165) is 45.8 Å². The summed E-state index contributed by atoms with van der Waals surface area (Å²) in [5.41, 5.74) is 1.32. The van der Waals surface area contributed by atoms with Crippen LogP contribution in [0.3, 0.4) is 0 Å². The third kappa shape index (κ3) is 5.51. The average molecular weight is 379 g/mol. The summed E-state index contributed by atoms with van der Waals surface area (Å²) in [5, 5.41) is 3.41. The Kier molecular flexibility index (Phi) is 6.70. The minimum Gasteiger partial charge on any atom is -0.342 e. The molecule has 0 bridgehead atoms. The van der Waals surface area contributed by atoms with Crippen LogP contribution in [-0.4, -0.2) is 71.4 Å². The molecule has 3 rings (SSSR count). The van der Waals surface area contributed by atoms with Gasteiger partial charge in [0, 0.05) is 50.1 Å². The smallest absolute Gasteiger partial charge is 0.236 e. The van der Waals surface area contributed by atoms with Crippen molar-refractivity contribution in [1.29, 1.82) is 0 Å². The molecule has 0 N–H and O–H groups in total. The van der Waals surface area contributed by atoms with Gasteiger partial charge in [-0.2, -0.15) is 0 Å². The van der Waals surface area contributed by atoms with Crippen molar-refractivity contribution in [3.8, 4) is 0 Å². The summed E-state index contributed by atoms with van der Waals surface area (Å²) in [6, 6.07) is 0. The highest BCUT2D eigenvalue weighted by Gasteiger charge is 2.23. The Hall–Kier alpha value is -0.980. The van der Waals surface area contributed by atoms with Crippen LogP contribution in [0.4, 0.5) is 0 Å². The van der Waals surface area contributed by atoms with Crippen molar-refractivity contribution < 1.29 is 4.79 Å². The first-order valence-corrected chi connectivity index (χ1v) is 11.0. The normalized spacial score (nSPS) is 21.0. The molecule has 0 spiro atoms. The van der Waals surface area contributed by atoms with Crippen LogP contribution in [0.25, 0.3) is 0 Å². The fourth-order valence-electron chi connectivity index (χ4n) is 3.64. The first-order valence-electron chi connectivity index (χ1n) is 10.1.